The van der Waals surface area contributed by atoms with Crippen molar-refractivity contribution in [1.29, 1.82) is 0 Å². The van der Waals surface area contributed by atoms with Gasteiger partial charge in [-0.3, -0.25) is 14.9 Å². The van der Waals surface area contributed by atoms with Crippen molar-refractivity contribution >= 4 is 17.8 Å². The number of nitro benzene ring substituents is 1. The van der Waals surface area contributed by atoms with Crippen molar-refractivity contribution in [3.63, 3.8) is 0 Å². The smallest absolute Gasteiger partial charge is 0.273 e. The Morgan fingerprint density at radius 1 is 1.32 bits per heavy atom. The average molecular weight is 383 g/mol. The molecule has 0 spiro atoms. The molecule has 28 heavy (non-hydrogen) atoms. The van der Waals surface area contributed by atoms with E-state index in [0.29, 0.717) is 12.2 Å². The van der Waals surface area contributed by atoms with E-state index in [1.807, 2.05) is 26.0 Å². The SMILES string of the molecule is CCOc1cc(C)c(/C=N/NC(=O)Cc2ccccc2[N+](=O)[O-])cc1C(C)C. The summed E-state index contributed by atoms with van der Waals surface area (Å²) >= 11 is 0. The van der Waals surface area contributed by atoms with Crippen LogP contribution in [0.25, 0.3) is 0 Å². The molecule has 1 N–H and O–H groups in total. The molecule has 0 saturated heterocycles. The van der Waals surface area contributed by atoms with Crippen molar-refractivity contribution in [2.24, 2.45) is 5.10 Å². The number of nitro groups is 1. The van der Waals surface area contributed by atoms with E-state index in [-0.39, 0.29) is 18.0 Å². The van der Waals surface area contributed by atoms with E-state index in [0.717, 1.165) is 22.4 Å². The lowest BCUT2D eigenvalue weighted by Crippen LogP contribution is -2.20. The quantitative estimate of drug-likeness (QED) is 0.421. The molecule has 7 nitrogen and oxygen atoms in total. The summed E-state index contributed by atoms with van der Waals surface area (Å²) in [7, 11) is 0. The summed E-state index contributed by atoms with van der Waals surface area (Å²) in [5, 5.41) is 15.0. The first-order valence-corrected chi connectivity index (χ1v) is 9.15. The third-order valence-electron chi connectivity index (χ3n) is 4.25. The molecule has 0 atom stereocenters. The van der Waals surface area contributed by atoms with Gasteiger partial charge in [-0.25, -0.2) is 5.43 Å². The van der Waals surface area contributed by atoms with Crippen molar-refractivity contribution in [1.82, 2.24) is 5.43 Å². The Labute approximate surface area is 164 Å². The third kappa shape index (κ3) is 5.39. The molecule has 0 aliphatic rings. The zero-order chi connectivity index (χ0) is 20.7. The van der Waals surface area contributed by atoms with E-state index >= 15 is 0 Å². The van der Waals surface area contributed by atoms with Crippen LogP contribution in [-0.4, -0.2) is 23.7 Å². The summed E-state index contributed by atoms with van der Waals surface area (Å²) < 4.78 is 5.70. The van der Waals surface area contributed by atoms with Gasteiger partial charge in [0.25, 0.3) is 5.69 Å². The van der Waals surface area contributed by atoms with Crippen LogP contribution in [0, 0.1) is 17.0 Å². The van der Waals surface area contributed by atoms with Crippen LogP contribution in [0.1, 0.15) is 48.9 Å². The van der Waals surface area contributed by atoms with Crippen LogP contribution in [0.3, 0.4) is 0 Å². The van der Waals surface area contributed by atoms with Gasteiger partial charge in [-0.1, -0.05) is 32.0 Å². The first-order chi connectivity index (χ1) is 13.3. The number of carbonyl (C=O) groups is 1. The molecule has 0 unspecified atom stereocenters. The fraction of sp³-hybridized carbons (Fsp3) is 0.333. The highest BCUT2D eigenvalue weighted by Gasteiger charge is 2.15. The Hall–Kier alpha value is -3.22. The number of benzene rings is 2. The number of hydrogen-bond donors (Lipinski definition) is 1. The number of para-hydroxylation sites is 1. The maximum atomic E-state index is 12.1. The van der Waals surface area contributed by atoms with Crippen molar-refractivity contribution in [2.75, 3.05) is 6.61 Å². The number of rotatable bonds is 8. The molecule has 2 aromatic rings. The molecular formula is C21H25N3O4. The molecule has 0 aromatic heterocycles. The van der Waals surface area contributed by atoms with Crippen LogP contribution in [0.15, 0.2) is 41.5 Å². The maximum Gasteiger partial charge on any atom is 0.273 e. The Kier molecular flexibility index (Phi) is 7.26. The average Bonchev–Trinajstić information content (AvgIpc) is 2.63. The lowest BCUT2D eigenvalue weighted by molar-refractivity contribution is -0.385. The number of ether oxygens (including phenoxy) is 1. The summed E-state index contributed by atoms with van der Waals surface area (Å²) in [6.45, 7) is 8.66. The number of nitrogens with one attached hydrogen (secondary N) is 1. The number of amides is 1. The number of hydrazone groups is 1. The van der Waals surface area contributed by atoms with Crippen LogP contribution >= 0.6 is 0 Å². The second kappa shape index (κ2) is 9.64. The standard InChI is InChI=1S/C21H25N3O4/c1-5-28-20-10-15(4)17(11-18(20)14(2)3)13-22-23-21(25)12-16-8-6-7-9-19(16)24(26)27/h6-11,13-14H,5,12H2,1-4H3,(H,23,25)/b22-13+. The Bertz CT molecular complexity index is 891. The molecule has 2 rings (SSSR count). The highest BCUT2D eigenvalue weighted by molar-refractivity contribution is 5.85. The second-order valence-corrected chi connectivity index (χ2v) is 6.69. The Morgan fingerprint density at radius 3 is 2.68 bits per heavy atom. The molecule has 0 fully saturated rings. The van der Waals surface area contributed by atoms with Crippen LogP contribution in [-0.2, 0) is 11.2 Å². The van der Waals surface area contributed by atoms with Gasteiger partial charge >= 0.3 is 0 Å². The van der Waals surface area contributed by atoms with Gasteiger partial charge in [-0.15, -0.1) is 0 Å². The van der Waals surface area contributed by atoms with Crippen molar-refractivity contribution in [2.45, 2.75) is 40.0 Å². The van der Waals surface area contributed by atoms with Crippen molar-refractivity contribution in [3.8, 4) is 5.75 Å². The molecule has 0 radical (unpaired) electrons. The summed E-state index contributed by atoms with van der Waals surface area (Å²) in [6, 6.07) is 10.1. The van der Waals surface area contributed by atoms with E-state index in [2.05, 4.69) is 24.4 Å². The Balaban J connectivity index is 2.11. The van der Waals surface area contributed by atoms with E-state index < -0.39 is 10.8 Å². The fourth-order valence-corrected chi connectivity index (χ4v) is 2.81. The summed E-state index contributed by atoms with van der Waals surface area (Å²) in [5.41, 5.74) is 5.63. The molecule has 0 aliphatic heterocycles. The monoisotopic (exact) mass is 383 g/mol. The minimum absolute atomic E-state index is 0.0782. The lowest BCUT2D eigenvalue weighted by atomic mass is 9.97. The number of hydrogen-bond acceptors (Lipinski definition) is 5. The number of nitrogens with zero attached hydrogens (tertiary/aromatic N) is 2. The molecule has 1 amide bonds. The van der Waals surface area contributed by atoms with Gasteiger partial charge in [0.05, 0.1) is 24.2 Å². The third-order valence-corrected chi connectivity index (χ3v) is 4.25. The van der Waals surface area contributed by atoms with Crippen LogP contribution < -0.4 is 10.2 Å². The number of carbonyl (C=O) groups excluding carboxylic acids is 1. The number of aryl methyl sites for hydroxylation is 1. The largest absolute Gasteiger partial charge is 0.494 e. The van der Waals surface area contributed by atoms with Crippen LogP contribution in [0.5, 0.6) is 5.75 Å². The zero-order valence-corrected chi connectivity index (χ0v) is 16.6. The normalized spacial score (nSPS) is 11.0. The molecule has 0 saturated carbocycles. The molecule has 148 valence electrons. The molecule has 0 aliphatic carbocycles. The molecule has 2 aromatic carbocycles. The van der Waals surface area contributed by atoms with Crippen molar-refractivity contribution in [3.05, 3.63) is 68.8 Å². The Morgan fingerprint density at radius 2 is 2.04 bits per heavy atom. The fourth-order valence-electron chi connectivity index (χ4n) is 2.81. The van der Waals surface area contributed by atoms with E-state index in [1.165, 1.54) is 6.07 Å². The van der Waals surface area contributed by atoms with Crippen LogP contribution in [0.2, 0.25) is 0 Å². The van der Waals surface area contributed by atoms with Gasteiger partial charge in [0.2, 0.25) is 5.91 Å². The molecular weight excluding hydrogens is 358 g/mol. The van der Waals surface area contributed by atoms with E-state index in [1.54, 1.807) is 24.4 Å². The minimum Gasteiger partial charge on any atom is -0.494 e. The van der Waals surface area contributed by atoms with Gasteiger partial charge in [-0.05, 0) is 48.6 Å². The van der Waals surface area contributed by atoms with Gasteiger partial charge in [0, 0.05) is 11.6 Å². The highest BCUT2D eigenvalue weighted by atomic mass is 16.6. The lowest BCUT2D eigenvalue weighted by Gasteiger charge is -2.15. The minimum atomic E-state index is -0.497. The van der Waals surface area contributed by atoms with Gasteiger partial charge < -0.3 is 4.74 Å². The second-order valence-electron chi connectivity index (χ2n) is 6.69. The van der Waals surface area contributed by atoms with Crippen molar-refractivity contribution < 1.29 is 14.5 Å². The first kappa shape index (κ1) is 21.1. The summed E-state index contributed by atoms with van der Waals surface area (Å²) in [6.07, 6.45) is 1.46. The van der Waals surface area contributed by atoms with E-state index in [4.69, 9.17) is 4.74 Å². The zero-order valence-electron chi connectivity index (χ0n) is 16.6. The predicted octanol–water partition coefficient (Wildman–Crippen LogP) is 4.12. The predicted molar refractivity (Wildman–Crippen MR) is 109 cm³/mol. The highest BCUT2D eigenvalue weighted by Crippen LogP contribution is 2.29. The van der Waals surface area contributed by atoms with Gasteiger partial charge in [-0.2, -0.15) is 5.10 Å². The first-order valence-electron chi connectivity index (χ1n) is 9.15. The van der Waals surface area contributed by atoms with Gasteiger partial charge in [0.1, 0.15) is 5.75 Å². The topological polar surface area (TPSA) is 93.8 Å². The van der Waals surface area contributed by atoms with Crippen LogP contribution in [0.4, 0.5) is 5.69 Å². The maximum absolute atomic E-state index is 12.1. The molecule has 0 bridgehead atoms. The molecule has 7 heteroatoms. The summed E-state index contributed by atoms with van der Waals surface area (Å²) in [4.78, 5) is 22.6. The molecule has 0 heterocycles. The summed E-state index contributed by atoms with van der Waals surface area (Å²) in [5.74, 6) is 0.716. The van der Waals surface area contributed by atoms with Gasteiger partial charge in [0.15, 0.2) is 0 Å². The van der Waals surface area contributed by atoms with E-state index in [9.17, 15) is 14.9 Å².